The van der Waals surface area contributed by atoms with Crippen molar-refractivity contribution in [3.05, 3.63) is 88.7 Å². The van der Waals surface area contributed by atoms with Crippen LogP contribution in [0.3, 0.4) is 0 Å². The molecule has 0 fully saturated rings. The Kier molecular flexibility index (Phi) is 8.26. The van der Waals surface area contributed by atoms with Crippen molar-refractivity contribution in [3.8, 4) is 11.5 Å². The molecule has 0 bridgehead atoms. The van der Waals surface area contributed by atoms with Gasteiger partial charge in [-0.05, 0) is 86.7 Å². The van der Waals surface area contributed by atoms with Gasteiger partial charge in [0.15, 0.2) is 6.61 Å². The molecule has 0 aliphatic heterocycles. The van der Waals surface area contributed by atoms with Gasteiger partial charge in [-0.3, -0.25) is 4.79 Å². The van der Waals surface area contributed by atoms with E-state index >= 15 is 0 Å². The number of benzene rings is 3. The zero-order valence-corrected chi connectivity index (χ0v) is 21.6. The minimum absolute atomic E-state index is 0.00349. The summed E-state index contributed by atoms with van der Waals surface area (Å²) in [5.41, 5.74) is 6.59. The van der Waals surface area contributed by atoms with E-state index in [9.17, 15) is 4.79 Å². The number of hydrogen-bond donors (Lipinski definition) is 1. The monoisotopic (exact) mass is 485 g/mol. The van der Waals surface area contributed by atoms with E-state index in [1.165, 1.54) is 11.1 Å². The predicted octanol–water partition coefficient (Wildman–Crippen LogP) is 5.48. The first-order chi connectivity index (χ1) is 17.4. The molecule has 3 aromatic carbocycles. The van der Waals surface area contributed by atoms with E-state index in [1.54, 1.807) is 0 Å². The standard InChI is InChI=1S/C30H35N3O3/c1-21-10-11-24(4)28(19-21)36-20-30(34)31-13-12-29-32-26-8-5-6-9-27(26)33(29)14-7-15-35-25-17-22(2)16-23(3)18-25/h5-6,8-11,16-19H,7,12-15,20H2,1-4H3,(H,31,34). The Morgan fingerprint density at radius 1 is 0.917 bits per heavy atom. The molecule has 4 aromatic rings. The number of rotatable bonds is 11. The van der Waals surface area contributed by atoms with Gasteiger partial charge in [-0.15, -0.1) is 0 Å². The maximum Gasteiger partial charge on any atom is 0.257 e. The van der Waals surface area contributed by atoms with Crippen molar-refractivity contribution in [1.82, 2.24) is 14.9 Å². The number of nitrogens with zero attached hydrogens (tertiary/aromatic N) is 2. The summed E-state index contributed by atoms with van der Waals surface area (Å²) in [4.78, 5) is 17.2. The van der Waals surface area contributed by atoms with Gasteiger partial charge < -0.3 is 19.4 Å². The van der Waals surface area contributed by atoms with Crippen molar-refractivity contribution < 1.29 is 14.3 Å². The van der Waals surface area contributed by atoms with E-state index in [0.29, 0.717) is 19.6 Å². The molecular formula is C30H35N3O3. The average molecular weight is 486 g/mol. The van der Waals surface area contributed by atoms with Crippen LogP contribution in [0.1, 0.15) is 34.5 Å². The van der Waals surface area contributed by atoms with Crippen molar-refractivity contribution >= 4 is 16.9 Å². The first-order valence-corrected chi connectivity index (χ1v) is 12.5. The van der Waals surface area contributed by atoms with Crippen molar-refractivity contribution in [2.24, 2.45) is 0 Å². The normalized spacial score (nSPS) is 11.0. The highest BCUT2D eigenvalue weighted by atomic mass is 16.5. The molecule has 0 aliphatic carbocycles. The minimum atomic E-state index is -0.139. The lowest BCUT2D eigenvalue weighted by atomic mass is 10.1. The second kappa shape index (κ2) is 11.8. The van der Waals surface area contributed by atoms with Crippen LogP contribution in [-0.4, -0.2) is 35.2 Å². The average Bonchev–Trinajstić information content (AvgIpc) is 3.19. The van der Waals surface area contributed by atoms with Gasteiger partial charge in [-0.25, -0.2) is 4.98 Å². The number of para-hydroxylation sites is 2. The highest BCUT2D eigenvalue weighted by molar-refractivity contribution is 5.78. The Morgan fingerprint density at radius 2 is 1.69 bits per heavy atom. The highest BCUT2D eigenvalue weighted by Gasteiger charge is 2.12. The van der Waals surface area contributed by atoms with Gasteiger partial charge in [0.25, 0.3) is 5.91 Å². The van der Waals surface area contributed by atoms with Gasteiger partial charge in [-0.1, -0.05) is 30.3 Å². The van der Waals surface area contributed by atoms with Gasteiger partial charge in [-0.2, -0.15) is 0 Å². The number of ether oxygens (including phenoxy) is 2. The number of imidazole rings is 1. The third-order valence-corrected chi connectivity index (χ3v) is 6.10. The Hall–Kier alpha value is -3.80. The maximum atomic E-state index is 12.4. The molecule has 6 heteroatoms. The Bertz CT molecular complexity index is 1320. The lowest BCUT2D eigenvalue weighted by molar-refractivity contribution is -0.123. The Balaban J connectivity index is 1.31. The topological polar surface area (TPSA) is 65.4 Å². The summed E-state index contributed by atoms with van der Waals surface area (Å²) in [6, 6.07) is 20.4. The smallest absolute Gasteiger partial charge is 0.257 e. The number of hydrogen-bond acceptors (Lipinski definition) is 4. The summed E-state index contributed by atoms with van der Waals surface area (Å²) in [5, 5.41) is 2.96. The van der Waals surface area contributed by atoms with Gasteiger partial charge in [0, 0.05) is 19.5 Å². The summed E-state index contributed by atoms with van der Waals surface area (Å²) in [5.74, 6) is 2.47. The second-order valence-corrected chi connectivity index (χ2v) is 9.35. The van der Waals surface area contributed by atoms with E-state index in [1.807, 2.05) is 50.2 Å². The first-order valence-electron chi connectivity index (χ1n) is 12.5. The van der Waals surface area contributed by atoms with Crippen LogP contribution in [0.5, 0.6) is 11.5 Å². The van der Waals surface area contributed by atoms with Crippen molar-refractivity contribution in [2.75, 3.05) is 19.8 Å². The largest absolute Gasteiger partial charge is 0.494 e. The van der Waals surface area contributed by atoms with E-state index < -0.39 is 0 Å². The first kappa shape index (κ1) is 25.3. The number of aryl methyl sites for hydroxylation is 5. The Morgan fingerprint density at radius 3 is 2.50 bits per heavy atom. The molecule has 1 heterocycles. The molecule has 0 atom stereocenters. The van der Waals surface area contributed by atoms with E-state index in [-0.39, 0.29) is 12.5 Å². The SMILES string of the molecule is Cc1cc(C)cc(OCCCn2c(CCNC(=O)COc3cc(C)ccc3C)nc3ccccc32)c1. The molecule has 1 N–H and O–H groups in total. The van der Waals surface area contributed by atoms with Crippen LogP contribution in [0.2, 0.25) is 0 Å². The summed E-state index contributed by atoms with van der Waals surface area (Å²) >= 11 is 0. The summed E-state index contributed by atoms with van der Waals surface area (Å²) < 4.78 is 14.0. The predicted molar refractivity (Wildman–Crippen MR) is 144 cm³/mol. The zero-order valence-electron chi connectivity index (χ0n) is 21.6. The summed E-state index contributed by atoms with van der Waals surface area (Å²) in [7, 11) is 0. The van der Waals surface area contributed by atoms with Gasteiger partial charge in [0.05, 0.1) is 17.6 Å². The number of nitrogens with one attached hydrogen (secondary N) is 1. The molecule has 0 spiro atoms. The van der Waals surface area contributed by atoms with Crippen molar-refractivity contribution in [2.45, 2.75) is 47.1 Å². The van der Waals surface area contributed by atoms with E-state index in [2.05, 4.69) is 48.0 Å². The molecule has 0 aliphatic rings. The van der Waals surface area contributed by atoms with Gasteiger partial charge in [0.1, 0.15) is 17.3 Å². The maximum absolute atomic E-state index is 12.4. The molecule has 4 rings (SSSR count). The van der Waals surface area contributed by atoms with Crippen molar-refractivity contribution in [1.29, 1.82) is 0 Å². The highest BCUT2D eigenvalue weighted by Crippen LogP contribution is 2.20. The molecule has 188 valence electrons. The molecule has 0 saturated heterocycles. The lowest BCUT2D eigenvalue weighted by Crippen LogP contribution is -2.31. The molecule has 0 radical (unpaired) electrons. The molecule has 36 heavy (non-hydrogen) atoms. The van der Waals surface area contributed by atoms with Crippen LogP contribution in [0.4, 0.5) is 0 Å². The molecule has 6 nitrogen and oxygen atoms in total. The summed E-state index contributed by atoms with van der Waals surface area (Å²) in [6.45, 7) is 10.1. The third-order valence-electron chi connectivity index (χ3n) is 6.10. The lowest BCUT2D eigenvalue weighted by Gasteiger charge is -2.12. The molecule has 0 unspecified atom stereocenters. The number of fused-ring (bicyclic) bond motifs is 1. The van der Waals surface area contributed by atoms with Crippen LogP contribution in [0.15, 0.2) is 60.7 Å². The number of amides is 1. The molecule has 1 aromatic heterocycles. The summed E-state index contributed by atoms with van der Waals surface area (Å²) in [6.07, 6.45) is 1.50. The fourth-order valence-corrected chi connectivity index (χ4v) is 4.37. The molecule has 1 amide bonds. The van der Waals surface area contributed by atoms with E-state index in [4.69, 9.17) is 14.5 Å². The molecular weight excluding hydrogens is 450 g/mol. The Labute approximate surface area is 213 Å². The van der Waals surface area contributed by atoms with Crippen LogP contribution in [-0.2, 0) is 17.8 Å². The number of aromatic nitrogens is 2. The fourth-order valence-electron chi connectivity index (χ4n) is 4.37. The van der Waals surface area contributed by atoms with E-state index in [0.717, 1.165) is 52.4 Å². The van der Waals surface area contributed by atoms with Crippen LogP contribution < -0.4 is 14.8 Å². The molecule has 0 saturated carbocycles. The zero-order chi connectivity index (χ0) is 25.5. The van der Waals surface area contributed by atoms with Gasteiger partial charge in [0.2, 0.25) is 0 Å². The minimum Gasteiger partial charge on any atom is -0.494 e. The van der Waals surface area contributed by atoms with Crippen LogP contribution in [0.25, 0.3) is 11.0 Å². The van der Waals surface area contributed by atoms with Crippen molar-refractivity contribution in [3.63, 3.8) is 0 Å². The fraction of sp³-hybridized carbons (Fsp3) is 0.333. The van der Waals surface area contributed by atoms with Gasteiger partial charge >= 0.3 is 0 Å². The van der Waals surface area contributed by atoms with Crippen LogP contribution >= 0.6 is 0 Å². The second-order valence-electron chi connectivity index (χ2n) is 9.35. The quantitative estimate of drug-likeness (QED) is 0.286. The third kappa shape index (κ3) is 6.66. The number of carbonyl (C=O) groups excluding carboxylic acids is 1. The number of carbonyl (C=O) groups is 1. The van der Waals surface area contributed by atoms with Crippen LogP contribution in [0, 0.1) is 27.7 Å².